The fraction of sp³-hybridized carbons (Fsp3) is 0.280. The van der Waals surface area contributed by atoms with E-state index in [0.29, 0.717) is 12.3 Å². The Balaban J connectivity index is 1.71. The average Bonchev–Trinajstić information content (AvgIpc) is 3.29. The van der Waals surface area contributed by atoms with Gasteiger partial charge in [0.2, 0.25) is 5.91 Å². The lowest BCUT2D eigenvalue weighted by atomic mass is 9.93. The number of imidazole rings is 1. The highest BCUT2D eigenvalue weighted by Gasteiger charge is 2.48. The zero-order valence-electron chi connectivity index (χ0n) is 19.3. The van der Waals surface area contributed by atoms with Gasteiger partial charge in [0.25, 0.3) is 5.91 Å². The van der Waals surface area contributed by atoms with Gasteiger partial charge < -0.3 is 24.3 Å². The second kappa shape index (κ2) is 9.38. The Hall–Kier alpha value is -4.14. The predicted octanol–water partition coefficient (Wildman–Crippen LogP) is 2.41. The van der Waals surface area contributed by atoms with Crippen LogP contribution in [0.2, 0.25) is 0 Å². The molecule has 0 saturated heterocycles. The third kappa shape index (κ3) is 4.24. The maximum Gasteiger partial charge on any atom is 0.359 e. The minimum Gasteiger partial charge on any atom is -0.497 e. The standard InChI is InChI=1S/C25H26N4O5/c1-25(24(32)26-13-17-8-5-4-6-9-17)15-28-16-27-20(23(31)34-3)21(28)22(30)29(25)14-18-10-7-11-19(12-18)33-2/h4-12,16H,13-15H2,1-3H3,(H,26,32). The number of nitrogens with zero attached hydrogens (tertiary/aromatic N) is 3. The van der Waals surface area contributed by atoms with E-state index in [1.165, 1.54) is 18.3 Å². The fourth-order valence-corrected chi connectivity index (χ4v) is 4.10. The first-order chi connectivity index (χ1) is 16.4. The molecule has 1 unspecified atom stereocenters. The Morgan fingerprint density at radius 2 is 1.82 bits per heavy atom. The molecule has 4 rings (SSSR count). The van der Waals surface area contributed by atoms with Gasteiger partial charge in [-0.2, -0.15) is 0 Å². The van der Waals surface area contributed by atoms with Crippen molar-refractivity contribution in [3.05, 3.63) is 83.4 Å². The van der Waals surface area contributed by atoms with Gasteiger partial charge in [-0.15, -0.1) is 0 Å². The number of amides is 2. The number of rotatable bonds is 7. The van der Waals surface area contributed by atoms with Crippen LogP contribution < -0.4 is 10.1 Å². The molecule has 9 nitrogen and oxygen atoms in total. The number of carbonyl (C=O) groups excluding carboxylic acids is 3. The van der Waals surface area contributed by atoms with Crippen LogP contribution in [0.3, 0.4) is 0 Å². The van der Waals surface area contributed by atoms with Gasteiger partial charge in [-0.25, -0.2) is 9.78 Å². The zero-order valence-corrected chi connectivity index (χ0v) is 19.3. The molecule has 1 aliphatic heterocycles. The van der Waals surface area contributed by atoms with Gasteiger partial charge in [-0.3, -0.25) is 9.59 Å². The van der Waals surface area contributed by atoms with Gasteiger partial charge in [0.15, 0.2) is 5.69 Å². The molecule has 1 aliphatic rings. The van der Waals surface area contributed by atoms with E-state index in [1.54, 1.807) is 24.7 Å². The first-order valence-electron chi connectivity index (χ1n) is 10.8. The van der Waals surface area contributed by atoms with Crippen LogP contribution in [-0.2, 0) is 29.2 Å². The van der Waals surface area contributed by atoms with Crippen molar-refractivity contribution in [1.29, 1.82) is 0 Å². The van der Waals surface area contributed by atoms with Crippen molar-refractivity contribution in [3.8, 4) is 5.75 Å². The van der Waals surface area contributed by atoms with E-state index in [4.69, 9.17) is 9.47 Å². The largest absolute Gasteiger partial charge is 0.497 e. The first-order valence-corrected chi connectivity index (χ1v) is 10.8. The van der Waals surface area contributed by atoms with Gasteiger partial charge >= 0.3 is 5.97 Å². The molecule has 0 bridgehead atoms. The summed E-state index contributed by atoms with van der Waals surface area (Å²) in [4.78, 5) is 45.0. The smallest absolute Gasteiger partial charge is 0.359 e. The highest BCUT2D eigenvalue weighted by atomic mass is 16.5. The summed E-state index contributed by atoms with van der Waals surface area (Å²) in [5, 5.41) is 2.96. The second-order valence-corrected chi connectivity index (χ2v) is 8.25. The van der Waals surface area contributed by atoms with Crippen LogP contribution in [0.5, 0.6) is 5.75 Å². The quantitative estimate of drug-likeness (QED) is 0.541. The Morgan fingerprint density at radius 3 is 2.53 bits per heavy atom. The molecule has 3 aromatic rings. The van der Waals surface area contributed by atoms with Crippen LogP contribution in [-0.4, -0.2) is 52.0 Å². The van der Waals surface area contributed by atoms with Gasteiger partial charge in [0.1, 0.15) is 17.0 Å². The van der Waals surface area contributed by atoms with Crippen molar-refractivity contribution >= 4 is 17.8 Å². The normalized spacial score (nSPS) is 17.1. The summed E-state index contributed by atoms with van der Waals surface area (Å²) in [6.45, 7) is 2.30. The number of ether oxygens (including phenoxy) is 2. The van der Waals surface area contributed by atoms with Crippen molar-refractivity contribution in [2.75, 3.05) is 14.2 Å². The molecule has 0 radical (unpaired) electrons. The van der Waals surface area contributed by atoms with Gasteiger partial charge in [0, 0.05) is 13.1 Å². The topological polar surface area (TPSA) is 103 Å². The van der Waals surface area contributed by atoms with Crippen LogP contribution in [0.25, 0.3) is 0 Å². The number of fused-ring (bicyclic) bond motifs is 1. The maximum absolute atomic E-state index is 13.7. The lowest BCUT2D eigenvalue weighted by Crippen LogP contribution is -2.63. The molecular formula is C25H26N4O5. The van der Waals surface area contributed by atoms with E-state index in [9.17, 15) is 14.4 Å². The number of hydrogen-bond acceptors (Lipinski definition) is 6. The molecule has 2 amide bonds. The summed E-state index contributed by atoms with van der Waals surface area (Å²) in [6.07, 6.45) is 1.39. The fourth-order valence-electron chi connectivity index (χ4n) is 4.10. The Kier molecular flexibility index (Phi) is 6.36. The molecule has 0 fully saturated rings. The monoisotopic (exact) mass is 462 g/mol. The molecule has 9 heteroatoms. The molecule has 1 aromatic heterocycles. The van der Waals surface area contributed by atoms with Crippen molar-refractivity contribution in [2.45, 2.75) is 32.1 Å². The first kappa shape index (κ1) is 23.0. The number of benzene rings is 2. The molecular weight excluding hydrogens is 436 g/mol. The van der Waals surface area contributed by atoms with Gasteiger partial charge in [0.05, 0.1) is 27.1 Å². The van der Waals surface area contributed by atoms with E-state index in [0.717, 1.165) is 11.1 Å². The highest BCUT2D eigenvalue weighted by Crippen LogP contribution is 2.31. The molecule has 2 heterocycles. The molecule has 0 spiro atoms. The van der Waals surface area contributed by atoms with Gasteiger partial charge in [-0.05, 0) is 30.2 Å². The summed E-state index contributed by atoms with van der Waals surface area (Å²) >= 11 is 0. The number of aromatic nitrogens is 2. The molecule has 1 atom stereocenters. The third-order valence-corrected chi connectivity index (χ3v) is 6.00. The minimum absolute atomic E-state index is 0.0742. The van der Waals surface area contributed by atoms with Crippen LogP contribution in [0, 0.1) is 0 Å². The second-order valence-electron chi connectivity index (χ2n) is 8.25. The van der Waals surface area contributed by atoms with Crippen LogP contribution in [0.4, 0.5) is 0 Å². The van der Waals surface area contributed by atoms with Crippen LogP contribution in [0.1, 0.15) is 39.0 Å². The molecule has 0 saturated carbocycles. The minimum atomic E-state index is -1.24. The summed E-state index contributed by atoms with van der Waals surface area (Å²) in [5.41, 5.74) is 0.508. The van der Waals surface area contributed by atoms with Gasteiger partial charge in [-0.1, -0.05) is 42.5 Å². The molecule has 0 aliphatic carbocycles. The van der Waals surface area contributed by atoms with Crippen molar-refractivity contribution in [3.63, 3.8) is 0 Å². The third-order valence-electron chi connectivity index (χ3n) is 6.00. The summed E-state index contributed by atoms with van der Waals surface area (Å²) in [6, 6.07) is 16.8. The Bertz CT molecular complexity index is 1220. The molecule has 1 N–H and O–H groups in total. The Labute approximate surface area is 197 Å². The molecule has 176 valence electrons. The highest BCUT2D eigenvalue weighted by molar-refractivity contribution is 6.06. The SMILES string of the molecule is COC(=O)c1ncn2c1C(=O)N(Cc1cccc(OC)c1)C(C)(C(=O)NCc1ccccc1)C2. The average molecular weight is 463 g/mol. The van der Waals surface area contributed by atoms with E-state index < -0.39 is 17.4 Å². The van der Waals surface area contributed by atoms with E-state index in [1.807, 2.05) is 48.5 Å². The van der Waals surface area contributed by atoms with Crippen molar-refractivity contribution < 1.29 is 23.9 Å². The van der Waals surface area contributed by atoms with Crippen molar-refractivity contribution in [2.24, 2.45) is 0 Å². The van der Waals surface area contributed by atoms with Crippen LogP contribution in [0.15, 0.2) is 60.9 Å². The maximum atomic E-state index is 13.7. The lowest BCUT2D eigenvalue weighted by Gasteiger charge is -2.43. The number of carbonyl (C=O) groups is 3. The summed E-state index contributed by atoms with van der Waals surface area (Å²) in [7, 11) is 2.80. The lowest BCUT2D eigenvalue weighted by molar-refractivity contribution is -0.133. The number of methoxy groups -OCH3 is 2. The predicted molar refractivity (Wildman–Crippen MR) is 123 cm³/mol. The summed E-state index contributed by atoms with van der Waals surface area (Å²) < 4.78 is 11.6. The summed E-state index contributed by atoms with van der Waals surface area (Å²) in [5.74, 6) is -0.867. The number of esters is 1. The van der Waals surface area contributed by atoms with E-state index in [2.05, 4.69) is 10.3 Å². The zero-order chi connectivity index (χ0) is 24.3. The number of hydrogen-bond donors (Lipinski definition) is 1. The van der Waals surface area contributed by atoms with Crippen LogP contribution >= 0.6 is 0 Å². The number of nitrogens with one attached hydrogen (secondary N) is 1. The van der Waals surface area contributed by atoms with Crippen molar-refractivity contribution in [1.82, 2.24) is 19.8 Å². The van der Waals surface area contributed by atoms with E-state index >= 15 is 0 Å². The Morgan fingerprint density at radius 1 is 1.09 bits per heavy atom. The van der Waals surface area contributed by atoms with E-state index in [-0.39, 0.29) is 30.4 Å². The molecule has 2 aromatic carbocycles. The molecule has 34 heavy (non-hydrogen) atoms.